The first-order valence-electron chi connectivity index (χ1n) is 9.10. The molecule has 2 aromatic carbocycles. The van der Waals surface area contributed by atoms with E-state index >= 15 is 0 Å². The van der Waals surface area contributed by atoms with Gasteiger partial charge >= 0.3 is 0 Å². The minimum Gasteiger partial charge on any atom is -0.494 e. The third kappa shape index (κ3) is 6.82. The second-order valence-corrected chi connectivity index (χ2v) is 8.54. The van der Waals surface area contributed by atoms with Crippen LogP contribution in [0.2, 0.25) is 5.02 Å². The summed E-state index contributed by atoms with van der Waals surface area (Å²) < 4.78 is 32.5. The molecular formula is C20H25ClN2O4S. The van der Waals surface area contributed by atoms with Gasteiger partial charge in [-0.1, -0.05) is 31.0 Å². The van der Waals surface area contributed by atoms with Gasteiger partial charge in [-0.3, -0.25) is 4.79 Å². The Morgan fingerprint density at radius 2 is 1.96 bits per heavy atom. The number of hydrogen-bond acceptors (Lipinski definition) is 4. The first-order valence-corrected chi connectivity index (χ1v) is 11.0. The van der Waals surface area contributed by atoms with Gasteiger partial charge in [-0.15, -0.1) is 0 Å². The van der Waals surface area contributed by atoms with Gasteiger partial charge in [0.25, 0.3) is 0 Å². The third-order valence-corrected chi connectivity index (χ3v) is 5.68. The molecular weight excluding hydrogens is 400 g/mol. The number of anilines is 1. The van der Waals surface area contributed by atoms with Crippen LogP contribution >= 0.6 is 11.6 Å². The number of rotatable bonds is 10. The fourth-order valence-electron chi connectivity index (χ4n) is 2.43. The normalized spacial score (nSPS) is 11.2. The van der Waals surface area contributed by atoms with Gasteiger partial charge in [-0.05, 0) is 55.3 Å². The molecule has 0 saturated carbocycles. The van der Waals surface area contributed by atoms with Crippen LogP contribution in [0, 0.1) is 6.92 Å². The lowest BCUT2D eigenvalue weighted by Gasteiger charge is -2.12. The number of hydrogen-bond donors (Lipinski definition) is 2. The fraction of sp³-hybridized carbons (Fsp3) is 0.350. The highest BCUT2D eigenvalue weighted by molar-refractivity contribution is 7.89. The van der Waals surface area contributed by atoms with Crippen molar-refractivity contribution >= 4 is 33.2 Å². The lowest BCUT2D eigenvalue weighted by Crippen LogP contribution is -2.28. The molecule has 0 aromatic heterocycles. The molecule has 2 N–H and O–H groups in total. The molecule has 0 atom stereocenters. The Bertz CT molecular complexity index is 916. The van der Waals surface area contributed by atoms with E-state index in [1.807, 2.05) is 13.0 Å². The van der Waals surface area contributed by atoms with Crippen LogP contribution in [0.25, 0.3) is 0 Å². The lowest BCUT2D eigenvalue weighted by atomic mass is 10.2. The number of benzene rings is 2. The first kappa shape index (κ1) is 22.2. The van der Waals surface area contributed by atoms with Gasteiger partial charge in [-0.2, -0.15) is 0 Å². The van der Waals surface area contributed by atoms with E-state index in [1.165, 1.54) is 12.1 Å². The number of sulfonamides is 1. The molecule has 0 saturated heterocycles. The summed E-state index contributed by atoms with van der Waals surface area (Å²) in [5.41, 5.74) is 1.55. The summed E-state index contributed by atoms with van der Waals surface area (Å²) in [4.78, 5) is 12.2. The molecule has 0 heterocycles. The van der Waals surface area contributed by atoms with Crippen molar-refractivity contribution in [2.24, 2.45) is 0 Å². The van der Waals surface area contributed by atoms with Gasteiger partial charge in [0.15, 0.2) is 0 Å². The monoisotopic (exact) mass is 424 g/mol. The van der Waals surface area contributed by atoms with Crippen LogP contribution < -0.4 is 14.8 Å². The van der Waals surface area contributed by atoms with Crippen molar-refractivity contribution in [3.8, 4) is 5.75 Å². The quantitative estimate of drug-likeness (QED) is 0.561. The number of ether oxygens (including phenoxy) is 1. The maximum Gasteiger partial charge on any atom is 0.240 e. The summed E-state index contributed by atoms with van der Waals surface area (Å²) in [7, 11) is -3.71. The predicted octanol–water partition coefficient (Wildman–Crippen LogP) is 4.13. The second kappa shape index (κ2) is 10.5. The topological polar surface area (TPSA) is 84.5 Å². The minimum atomic E-state index is -3.71. The number of halogens is 1. The van der Waals surface area contributed by atoms with Crippen LogP contribution in [0.3, 0.4) is 0 Å². The third-order valence-electron chi connectivity index (χ3n) is 3.99. The average Bonchev–Trinajstić information content (AvgIpc) is 2.64. The predicted molar refractivity (Wildman–Crippen MR) is 111 cm³/mol. The van der Waals surface area contributed by atoms with Crippen LogP contribution in [-0.2, 0) is 14.8 Å². The van der Waals surface area contributed by atoms with E-state index in [2.05, 4.69) is 17.0 Å². The van der Waals surface area contributed by atoms with Gasteiger partial charge in [0, 0.05) is 23.7 Å². The van der Waals surface area contributed by atoms with E-state index in [1.54, 1.807) is 24.3 Å². The van der Waals surface area contributed by atoms with Crippen LogP contribution in [0.4, 0.5) is 5.69 Å². The zero-order valence-electron chi connectivity index (χ0n) is 16.0. The summed E-state index contributed by atoms with van der Waals surface area (Å²) in [6.45, 7) is 4.62. The Morgan fingerprint density at radius 3 is 2.64 bits per heavy atom. The lowest BCUT2D eigenvalue weighted by molar-refractivity contribution is -0.116. The Hall–Kier alpha value is -2.09. The van der Waals surface area contributed by atoms with E-state index < -0.39 is 10.0 Å². The molecule has 0 spiro atoms. The van der Waals surface area contributed by atoms with Crippen LogP contribution in [0.15, 0.2) is 47.4 Å². The Labute approximate surface area is 171 Å². The van der Waals surface area contributed by atoms with Crippen molar-refractivity contribution in [1.82, 2.24) is 4.72 Å². The van der Waals surface area contributed by atoms with Crippen molar-refractivity contribution in [2.45, 2.75) is 38.0 Å². The van der Waals surface area contributed by atoms with Gasteiger partial charge in [0.05, 0.1) is 11.5 Å². The molecule has 2 aromatic rings. The number of carbonyl (C=O) groups excluding carboxylic acids is 1. The summed E-state index contributed by atoms with van der Waals surface area (Å²) in [6, 6.07) is 11.4. The van der Waals surface area contributed by atoms with Crippen molar-refractivity contribution in [2.75, 3.05) is 18.5 Å². The highest BCUT2D eigenvalue weighted by Crippen LogP contribution is 2.22. The SMILES string of the molecule is CCCCOc1ccc(NC(=O)CCNS(=O)(=O)c2cccc(Cl)c2)c(C)c1. The molecule has 6 nitrogen and oxygen atoms in total. The van der Waals surface area contributed by atoms with Gasteiger partial charge in [0.1, 0.15) is 5.75 Å². The average molecular weight is 425 g/mol. The zero-order valence-corrected chi connectivity index (χ0v) is 17.6. The summed E-state index contributed by atoms with van der Waals surface area (Å²) in [5, 5.41) is 3.12. The standard InChI is InChI=1S/C20H25ClN2O4S/c1-3-4-12-27-17-8-9-19(15(2)13-17)23-20(24)10-11-22-28(25,26)18-7-5-6-16(21)14-18/h5-9,13-14,22H,3-4,10-12H2,1-2H3,(H,23,24). The van der Waals surface area contributed by atoms with Crippen molar-refractivity contribution < 1.29 is 17.9 Å². The molecule has 1 amide bonds. The smallest absolute Gasteiger partial charge is 0.240 e. The summed E-state index contributed by atoms with van der Waals surface area (Å²) >= 11 is 5.82. The molecule has 0 aliphatic heterocycles. The van der Waals surface area contributed by atoms with E-state index in [0.29, 0.717) is 17.3 Å². The molecule has 0 bridgehead atoms. The Morgan fingerprint density at radius 1 is 1.18 bits per heavy atom. The molecule has 2 rings (SSSR count). The maximum atomic E-state index is 12.2. The van der Waals surface area contributed by atoms with Crippen LogP contribution in [-0.4, -0.2) is 27.5 Å². The highest BCUT2D eigenvalue weighted by atomic mass is 35.5. The molecule has 0 radical (unpaired) electrons. The van der Waals surface area contributed by atoms with Crippen molar-refractivity contribution in [1.29, 1.82) is 0 Å². The summed E-state index contributed by atoms with van der Waals surface area (Å²) in [5.74, 6) is 0.481. The molecule has 28 heavy (non-hydrogen) atoms. The first-order chi connectivity index (χ1) is 13.3. The number of nitrogens with one attached hydrogen (secondary N) is 2. The molecule has 152 valence electrons. The molecule has 0 fully saturated rings. The summed E-state index contributed by atoms with van der Waals surface area (Å²) in [6.07, 6.45) is 2.06. The minimum absolute atomic E-state index is 0.00792. The molecule has 8 heteroatoms. The number of amides is 1. The molecule has 0 unspecified atom stereocenters. The molecule has 0 aliphatic rings. The Kier molecular flexibility index (Phi) is 8.29. The highest BCUT2D eigenvalue weighted by Gasteiger charge is 2.14. The number of carbonyl (C=O) groups is 1. The van der Waals surface area contributed by atoms with E-state index in [-0.39, 0.29) is 23.8 Å². The fourth-order valence-corrected chi connectivity index (χ4v) is 3.76. The van der Waals surface area contributed by atoms with Gasteiger partial charge in [-0.25, -0.2) is 13.1 Å². The van der Waals surface area contributed by atoms with Crippen molar-refractivity contribution in [3.63, 3.8) is 0 Å². The van der Waals surface area contributed by atoms with E-state index in [0.717, 1.165) is 24.2 Å². The number of aryl methyl sites for hydroxylation is 1. The van der Waals surface area contributed by atoms with E-state index in [9.17, 15) is 13.2 Å². The second-order valence-electron chi connectivity index (χ2n) is 6.33. The Balaban J connectivity index is 1.85. The van der Waals surface area contributed by atoms with Crippen molar-refractivity contribution in [3.05, 3.63) is 53.1 Å². The van der Waals surface area contributed by atoms with Crippen LogP contribution in [0.1, 0.15) is 31.7 Å². The van der Waals surface area contributed by atoms with Gasteiger partial charge in [0.2, 0.25) is 15.9 Å². The van der Waals surface area contributed by atoms with Gasteiger partial charge < -0.3 is 10.1 Å². The van der Waals surface area contributed by atoms with E-state index in [4.69, 9.17) is 16.3 Å². The van der Waals surface area contributed by atoms with Crippen LogP contribution in [0.5, 0.6) is 5.75 Å². The molecule has 0 aliphatic carbocycles. The zero-order chi connectivity index (χ0) is 20.6. The number of unbranched alkanes of at least 4 members (excludes halogenated alkanes) is 1. The largest absolute Gasteiger partial charge is 0.494 e. The maximum absolute atomic E-state index is 12.2.